The number of carbonyl (C=O) groups excluding carboxylic acids is 2. The zero-order valence-electron chi connectivity index (χ0n) is 20.0. The Morgan fingerprint density at radius 2 is 1.46 bits per heavy atom. The number of hydrogen-bond donors (Lipinski definition) is 1. The van der Waals surface area contributed by atoms with Crippen molar-refractivity contribution in [1.29, 1.82) is 0 Å². The van der Waals surface area contributed by atoms with E-state index in [0.29, 0.717) is 22.6 Å². The van der Waals surface area contributed by atoms with Gasteiger partial charge in [-0.25, -0.2) is 4.90 Å². The molecule has 2 heterocycles. The molecule has 6 heteroatoms. The van der Waals surface area contributed by atoms with Gasteiger partial charge in [0, 0.05) is 30.0 Å². The smallest absolute Gasteiger partial charge is 0.282 e. The maximum Gasteiger partial charge on any atom is 0.282 e. The van der Waals surface area contributed by atoms with Crippen LogP contribution in [0.15, 0.2) is 84.6 Å². The number of benzene rings is 3. The van der Waals surface area contributed by atoms with Crippen LogP contribution in [0, 0.1) is 5.92 Å². The van der Waals surface area contributed by atoms with Crippen molar-refractivity contribution in [3.05, 3.63) is 90.1 Å². The van der Waals surface area contributed by atoms with E-state index in [1.54, 1.807) is 31.4 Å². The molecule has 0 atom stereocenters. The second-order valence-electron chi connectivity index (χ2n) is 9.07. The highest BCUT2D eigenvalue weighted by Crippen LogP contribution is 2.37. The molecule has 178 valence electrons. The van der Waals surface area contributed by atoms with Crippen molar-refractivity contribution in [2.24, 2.45) is 5.92 Å². The lowest BCUT2D eigenvalue weighted by Crippen LogP contribution is -2.32. The van der Waals surface area contributed by atoms with E-state index in [9.17, 15) is 9.59 Å². The van der Waals surface area contributed by atoms with Crippen LogP contribution in [0.2, 0.25) is 0 Å². The molecule has 1 saturated heterocycles. The molecule has 2 aliphatic heterocycles. The second kappa shape index (κ2) is 9.66. The molecule has 0 aromatic heterocycles. The van der Waals surface area contributed by atoms with Crippen molar-refractivity contribution in [3.8, 4) is 5.75 Å². The van der Waals surface area contributed by atoms with E-state index in [0.717, 1.165) is 24.7 Å². The van der Waals surface area contributed by atoms with Crippen molar-refractivity contribution in [1.82, 2.24) is 0 Å². The summed E-state index contributed by atoms with van der Waals surface area (Å²) in [6.45, 7) is 4.40. The molecule has 0 aliphatic carbocycles. The Bertz CT molecular complexity index is 1260. The highest BCUT2D eigenvalue weighted by molar-refractivity contribution is 6.46. The third kappa shape index (κ3) is 4.39. The number of piperidine rings is 1. The molecule has 6 nitrogen and oxygen atoms in total. The molecule has 35 heavy (non-hydrogen) atoms. The largest absolute Gasteiger partial charge is 0.496 e. The summed E-state index contributed by atoms with van der Waals surface area (Å²) >= 11 is 0. The van der Waals surface area contributed by atoms with Crippen LogP contribution in [0.4, 0.5) is 17.1 Å². The van der Waals surface area contributed by atoms with Crippen molar-refractivity contribution >= 4 is 34.4 Å². The molecule has 2 aliphatic rings. The third-order valence-electron chi connectivity index (χ3n) is 6.76. The molecule has 2 amide bonds. The summed E-state index contributed by atoms with van der Waals surface area (Å²) in [6.07, 6.45) is 2.39. The number of nitrogens with one attached hydrogen (secondary N) is 1. The monoisotopic (exact) mass is 467 g/mol. The van der Waals surface area contributed by atoms with Crippen LogP contribution in [0.25, 0.3) is 5.57 Å². The van der Waals surface area contributed by atoms with Gasteiger partial charge in [-0.2, -0.15) is 0 Å². The second-order valence-corrected chi connectivity index (χ2v) is 9.07. The molecular weight excluding hydrogens is 438 g/mol. The molecule has 0 saturated carbocycles. The van der Waals surface area contributed by atoms with Crippen molar-refractivity contribution < 1.29 is 14.3 Å². The van der Waals surface area contributed by atoms with Gasteiger partial charge in [0.1, 0.15) is 11.4 Å². The zero-order valence-corrected chi connectivity index (χ0v) is 20.0. The Hall–Kier alpha value is -4.06. The van der Waals surface area contributed by atoms with Crippen molar-refractivity contribution in [3.63, 3.8) is 0 Å². The van der Waals surface area contributed by atoms with Crippen LogP contribution in [-0.2, 0) is 9.59 Å². The van der Waals surface area contributed by atoms with Gasteiger partial charge in [0.05, 0.1) is 18.4 Å². The normalized spacial score (nSPS) is 16.7. The van der Waals surface area contributed by atoms with E-state index < -0.39 is 5.91 Å². The fourth-order valence-corrected chi connectivity index (χ4v) is 4.72. The Labute approximate surface area is 205 Å². The summed E-state index contributed by atoms with van der Waals surface area (Å²) < 4.78 is 5.52. The van der Waals surface area contributed by atoms with Gasteiger partial charge in [-0.15, -0.1) is 0 Å². The van der Waals surface area contributed by atoms with E-state index >= 15 is 0 Å². The Morgan fingerprint density at radius 1 is 0.800 bits per heavy atom. The zero-order chi connectivity index (χ0) is 24.4. The number of nitrogens with zero attached hydrogens (tertiary/aromatic N) is 2. The minimum atomic E-state index is -0.392. The van der Waals surface area contributed by atoms with Crippen LogP contribution in [0.3, 0.4) is 0 Å². The van der Waals surface area contributed by atoms with Gasteiger partial charge in [0.25, 0.3) is 11.8 Å². The van der Waals surface area contributed by atoms with Crippen LogP contribution < -0.4 is 19.9 Å². The maximum absolute atomic E-state index is 13.6. The molecular formula is C29H29N3O3. The minimum absolute atomic E-state index is 0.239. The molecule has 3 aromatic rings. The lowest BCUT2D eigenvalue weighted by Gasteiger charge is -2.32. The number of anilines is 3. The number of imide groups is 1. The topological polar surface area (TPSA) is 61.9 Å². The first-order chi connectivity index (χ1) is 17.1. The highest BCUT2D eigenvalue weighted by Gasteiger charge is 2.41. The summed E-state index contributed by atoms with van der Waals surface area (Å²) in [5, 5.41) is 3.25. The SMILES string of the molecule is COc1ccccc1C1=C(Nc2ccc(N3CCC(C)CC3)cc2)C(=O)N(c2ccccc2)C1=O. The Balaban J connectivity index is 1.50. The third-order valence-corrected chi connectivity index (χ3v) is 6.76. The van der Waals surface area contributed by atoms with E-state index in [1.807, 2.05) is 42.5 Å². The number of ether oxygens (including phenoxy) is 1. The average molecular weight is 468 g/mol. The molecule has 3 aromatic carbocycles. The van der Waals surface area contributed by atoms with Crippen LogP contribution in [-0.4, -0.2) is 32.0 Å². The minimum Gasteiger partial charge on any atom is -0.496 e. The van der Waals surface area contributed by atoms with E-state index in [1.165, 1.54) is 23.4 Å². The molecule has 0 spiro atoms. The van der Waals surface area contributed by atoms with Gasteiger partial charge in [0.15, 0.2) is 0 Å². The summed E-state index contributed by atoms with van der Waals surface area (Å²) in [5.74, 6) is 0.530. The molecule has 1 fully saturated rings. The number of rotatable bonds is 6. The molecule has 5 rings (SSSR count). The number of para-hydroxylation sites is 2. The van der Waals surface area contributed by atoms with Crippen molar-refractivity contribution in [2.75, 3.05) is 35.3 Å². The number of amides is 2. The van der Waals surface area contributed by atoms with Gasteiger partial charge >= 0.3 is 0 Å². The summed E-state index contributed by atoms with van der Waals surface area (Å²) in [4.78, 5) is 30.8. The van der Waals surface area contributed by atoms with E-state index in [4.69, 9.17) is 4.74 Å². The summed E-state index contributed by atoms with van der Waals surface area (Å²) in [7, 11) is 1.56. The summed E-state index contributed by atoms with van der Waals surface area (Å²) in [6, 6.07) is 24.3. The van der Waals surface area contributed by atoms with Crippen LogP contribution >= 0.6 is 0 Å². The van der Waals surface area contributed by atoms with Crippen LogP contribution in [0.5, 0.6) is 5.75 Å². The fraction of sp³-hybridized carbons (Fsp3) is 0.241. The van der Waals surface area contributed by atoms with Gasteiger partial charge in [-0.05, 0) is 61.2 Å². The van der Waals surface area contributed by atoms with Gasteiger partial charge in [-0.3, -0.25) is 9.59 Å². The highest BCUT2D eigenvalue weighted by atomic mass is 16.5. The molecule has 0 unspecified atom stereocenters. The van der Waals surface area contributed by atoms with Gasteiger partial charge in [0.2, 0.25) is 0 Å². The fourth-order valence-electron chi connectivity index (χ4n) is 4.72. The number of carbonyl (C=O) groups is 2. The lowest BCUT2D eigenvalue weighted by atomic mass is 9.99. The standard InChI is InChI=1S/C29H29N3O3/c1-20-16-18-31(19-17-20)22-14-12-21(13-15-22)30-27-26(24-10-6-7-11-25(24)35-2)28(33)32(29(27)34)23-8-4-3-5-9-23/h3-15,20,30H,16-19H2,1-2H3. The molecule has 1 N–H and O–H groups in total. The molecule has 0 bridgehead atoms. The quantitative estimate of drug-likeness (QED) is 0.497. The maximum atomic E-state index is 13.6. The van der Waals surface area contributed by atoms with Gasteiger partial charge < -0.3 is 15.0 Å². The summed E-state index contributed by atoms with van der Waals surface area (Å²) in [5.41, 5.74) is 3.56. The first-order valence-electron chi connectivity index (χ1n) is 12.0. The van der Waals surface area contributed by atoms with E-state index in [-0.39, 0.29) is 11.6 Å². The predicted molar refractivity (Wildman–Crippen MR) is 140 cm³/mol. The average Bonchev–Trinajstić information content (AvgIpc) is 3.14. The van der Waals surface area contributed by atoms with Gasteiger partial charge in [-0.1, -0.05) is 43.3 Å². The predicted octanol–water partition coefficient (Wildman–Crippen LogP) is 5.33. The number of methoxy groups -OCH3 is 1. The Kier molecular flexibility index (Phi) is 6.27. The number of hydrogen-bond acceptors (Lipinski definition) is 5. The lowest BCUT2D eigenvalue weighted by molar-refractivity contribution is -0.120. The van der Waals surface area contributed by atoms with Crippen molar-refractivity contribution in [2.45, 2.75) is 19.8 Å². The van der Waals surface area contributed by atoms with E-state index in [2.05, 4.69) is 29.3 Å². The first kappa shape index (κ1) is 22.7. The van der Waals surface area contributed by atoms with Crippen LogP contribution in [0.1, 0.15) is 25.3 Å². The first-order valence-corrected chi connectivity index (χ1v) is 12.0. The molecule has 0 radical (unpaired) electrons. The Morgan fingerprint density at radius 3 is 2.14 bits per heavy atom.